The molecule has 6 heteroatoms. The predicted octanol–water partition coefficient (Wildman–Crippen LogP) is 3.71. The Morgan fingerprint density at radius 3 is 2.55 bits per heavy atom. The lowest BCUT2D eigenvalue weighted by Crippen LogP contribution is -2.50. The first kappa shape index (κ1) is 19.2. The van der Waals surface area contributed by atoms with Crippen LogP contribution in [0.3, 0.4) is 0 Å². The molecule has 4 rings (SSSR count). The zero-order valence-corrected chi connectivity index (χ0v) is 16.8. The third-order valence-electron chi connectivity index (χ3n) is 5.33. The van der Waals surface area contributed by atoms with Gasteiger partial charge in [-0.25, -0.2) is 9.78 Å². The summed E-state index contributed by atoms with van der Waals surface area (Å²) >= 11 is 0. The van der Waals surface area contributed by atoms with Crippen LogP contribution in [0.15, 0.2) is 67.0 Å². The molecule has 2 amide bonds. The summed E-state index contributed by atoms with van der Waals surface area (Å²) in [6.45, 7) is 7.12. The summed E-state index contributed by atoms with van der Waals surface area (Å²) < 4.78 is 2.20. The summed E-state index contributed by atoms with van der Waals surface area (Å²) in [6, 6.07) is 18.2. The van der Waals surface area contributed by atoms with E-state index in [0.717, 1.165) is 61.9 Å². The quantitative estimate of drug-likeness (QED) is 0.724. The van der Waals surface area contributed by atoms with E-state index in [1.165, 1.54) is 0 Å². The van der Waals surface area contributed by atoms with E-state index in [9.17, 15) is 4.79 Å². The highest BCUT2D eigenvalue weighted by Gasteiger charge is 2.21. The van der Waals surface area contributed by atoms with Crippen LogP contribution in [0.5, 0.6) is 0 Å². The molecule has 2 aromatic carbocycles. The van der Waals surface area contributed by atoms with Crippen LogP contribution in [0.25, 0.3) is 11.4 Å². The highest BCUT2D eigenvalue weighted by molar-refractivity contribution is 5.89. The maximum Gasteiger partial charge on any atom is 0.321 e. The average molecular weight is 390 g/mol. The summed E-state index contributed by atoms with van der Waals surface area (Å²) in [6.07, 6.45) is 3.89. The fourth-order valence-electron chi connectivity index (χ4n) is 3.69. The Labute approximate surface area is 171 Å². The van der Waals surface area contributed by atoms with Crippen LogP contribution in [0.4, 0.5) is 10.5 Å². The van der Waals surface area contributed by atoms with E-state index >= 15 is 0 Å². The molecule has 0 spiro atoms. The molecule has 3 aromatic rings. The number of aryl methyl sites for hydroxylation is 1. The van der Waals surface area contributed by atoms with Crippen molar-refractivity contribution < 1.29 is 4.79 Å². The lowest BCUT2D eigenvalue weighted by molar-refractivity contribution is 0.144. The number of nitrogens with one attached hydrogen (secondary N) is 1. The molecule has 0 atom stereocenters. The number of urea groups is 1. The number of benzene rings is 2. The van der Waals surface area contributed by atoms with Gasteiger partial charge in [0.25, 0.3) is 0 Å². The standard InChI is InChI=1S/C23H27N5O/c1-19-6-5-9-21(18-19)25-23(29)28-16-13-26(14-17-28)12-15-27-11-10-24-22(27)20-7-3-2-4-8-20/h2-11,18H,12-17H2,1H3,(H,25,29). The molecule has 6 nitrogen and oxygen atoms in total. The summed E-state index contributed by atoms with van der Waals surface area (Å²) in [7, 11) is 0. The number of imidazole rings is 1. The summed E-state index contributed by atoms with van der Waals surface area (Å²) in [5.74, 6) is 1.00. The lowest BCUT2D eigenvalue weighted by Gasteiger charge is -2.34. The van der Waals surface area contributed by atoms with E-state index in [1.807, 2.05) is 66.7 Å². The van der Waals surface area contributed by atoms with Crippen molar-refractivity contribution in [2.75, 3.05) is 38.0 Å². The van der Waals surface area contributed by atoms with Crippen molar-refractivity contribution in [1.29, 1.82) is 0 Å². The van der Waals surface area contributed by atoms with Gasteiger partial charge in [-0.15, -0.1) is 0 Å². The maximum absolute atomic E-state index is 12.5. The third-order valence-corrected chi connectivity index (χ3v) is 5.33. The Morgan fingerprint density at radius 1 is 1.00 bits per heavy atom. The normalized spacial score (nSPS) is 14.7. The van der Waals surface area contributed by atoms with Gasteiger partial charge in [0.2, 0.25) is 0 Å². The third kappa shape index (κ3) is 4.84. The molecule has 1 aromatic heterocycles. The number of rotatable bonds is 5. The molecule has 1 saturated heterocycles. The summed E-state index contributed by atoms with van der Waals surface area (Å²) in [5, 5.41) is 3.00. The Bertz CT molecular complexity index is 945. The molecular weight excluding hydrogens is 362 g/mol. The maximum atomic E-state index is 12.5. The number of hydrogen-bond donors (Lipinski definition) is 1. The molecular formula is C23H27N5O. The van der Waals surface area contributed by atoms with Crippen molar-refractivity contribution in [3.8, 4) is 11.4 Å². The fraction of sp³-hybridized carbons (Fsp3) is 0.304. The van der Waals surface area contributed by atoms with E-state index in [1.54, 1.807) is 0 Å². The van der Waals surface area contributed by atoms with Crippen LogP contribution in [0.2, 0.25) is 0 Å². The van der Waals surface area contributed by atoms with E-state index < -0.39 is 0 Å². The van der Waals surface area contributed by atoms with Crippen molar-refractivity contribution in [2.45, 2.75) is 13.5 Å². The first-order chi connectivity index (χ1) is 14.2. The molecule has 0 aliphatic carbocycles. The van der Waals surface area contributed by atoms with Crippen LogP contribution in [-0.4, -0.2) is 58.1 Å². The monoisotopic (exact) mass is 389 g/mol. The highest BCUT2D eigenvalue weighted by Crippen LogP contribution is 2.17. The minimum absolute atomic E-state index is 0.0174. The molecule has 0 radical (unpaired) electrons. The Balaban J connectivity index is 1.27. The first-order valence-corrected chi connectivity index (χ1v) is 10.1. The summed E-state index contributed by atoms with van der Waals surface area (Å²) in [5.41, 5.74) is 3.13. The molecule has 1 aliphatic rings. The number of hydrogen-bond acceptors (Lipinski definition) is 3. The molecule has 1 N–H and O–H groups in total. The molecule has 2 heterocycles. The predicted molar refractivity (Wildman–Crippen MR) is 116 cm³/mol. The Morgan fingerprint density at radius 2 is 1.79 bits per heavy atom. The van der Waals surface area contributed by atoms with Gasteiger partial charge in [0.1, 0.15) is 5.82 Å². The number of anilines is 1. The highest BCUT2D eigenvalue weighted by atomic mass is 16.2. The van der Waals surface area contributed by atoms with Gasteiger partial charge < -0.3 is 14.8 Å². The molecule has 150 valence electrons. The number of aromatic nitrogens is 2. The number of nitrogens with zero attached hydrogens (tertiary/aromatic N) is 4. The summed E-state index contributed by atoms with van der Waals surface area (Å²) in [4.78, 5) is 21.3. The van der Waals surface area contributed by atoms with E-state index in [-0.39, 0.29) is 6.03 Å². The van der Waals surface area contributed by atoms with Gasteiger partial charge >= 0.3 is 6.03 Å². The Hall–Kier alpha value is -3.12. The van der Waals surface area contributed by atoms with Crippen LogP contribution in [0.1, 0.15) is 5.56 Å². The van der Waals surface area contributed by atoms with E-state index in [2.05, 4.69) is 31.9 Å². The van der Waals surface area contributed by atoms with Crippen LogP contribution in [-0.2, 0) is 6.54 Å². The number of carbonyl (C=O) groups excluding carboxylic acids is 1. The minimum Gasteiger partial charge on any atom is -0.330 e. The van der Waals surface area contributed by atoms with Gasteiger partial charge in [-0.1, -0.05) is 42.5 Å². The minimum atomic E-state index is -0.0174. The van der Waals surface area contributed by atoms with Gasteiger partial charge in [-0.2, -0.15) is 0 Å². The van der Waals surface area contributed by atoms with Gasteiger partial charge in [0.05, 0.1) is 0 Å². The van der Waals surface area contributed by atoms with Crippen molar-refractivity contribution in [3.63, 3.8) is 0 Å². The van der Waals surface area contributed by atoms with Crippen LogP contribution < -0.4 is 5.32 Å². The Kier molecular flexibility index (Phi) is 5.91. The second-order valence-electron chi connectivity index (χ2n) is 7.44. The van der Waals surface area contributed by atoms with Crippen molar-refractivity contribution in [2.24, 2.45) is 0 Å². The molecule has 0 saturated carbocycles. The molecule has 29 heavy (non-hydrogen) atoms. The largest absolute Gasteiger partial charge is 0.330 e. The number of piperazine rings is 1. The number of amides is 2. The SMILES string of the molecule is Cc1cccc(NC(=O)N2CCN(CCn3ccnc3-c3ccccc3)CC2)c1. The second-order valence-corrected chi connectivity index (χ2v) is 7.44. The van der Waals surface area contributed by atoms with E-state index in [4.69, 9.17) is 0 Å². The zero-order valence-electron chi connectivity index (χ0n) is 16.8. The molecule has 1 fully saturated rings. The zero-order chi connectivity index (χ0) is 20.1. The number of carbonyl (C=O) groups is 1. The topological polar surface area (TPSA) is 53.4 Å². The van der Waals surface area contributed by atoms with Crippen molar-refractivity contribution in [3.05, 3.63) is 72.6 Å². The van der Waals surface area contributed by atoms with E-state index in [0.29, 0.717) is 0 Å². The van der Waals surface area contributed by atoms with Crippen LogP contribution >= 0.6 is 0 Å². The van der Waals surface area contributed by atoms with Gasteiger partial charge in [-0.05, 0) is 24.6 Å². The van der Waals surface area contributed by atoms with Gasteiger partial charge in [-0.3, -0.25) is 4.90 Å². The molecule has 0 bridgehead atoms. The smallest absolute Gasteiger partial charge is 0.321 e. The molecule has 0 unspecified atom stereocenters. The average Bonchev–Trinajstić information content (AvgIpc) is 3.22. The lowest BCUT2D eigenvalue weighted by atomic mass is 10.2. The second kappa shape index (κ2) is 8.92. The van der Waals surface area contributed by atoms with Crippen LogP contribution in [0, 0.1) is 6.92 Å². The van der Waals surface area contributed by atoms with Gasteiger partial charge in [0.15, 0.2) is 0 Å². The first-order valence-electron chi connectivity index (χ1n) is 10.1. The molecule has 1 aliphatic heterocycles. The fourth-order valence-corrected chi connectivity index (χ4v) is 3.69. The van der Waals surface area contributed by atoms with Gasteiger partial charge in [0, 0.05) is 62.9 Å². The van der Waals surface area contributed by atoms with Crippen molar-refractivity contribution >= 4 is 11.7 Å². The van der Waals surface area contributed by atoms with Crippen molar-refractivity contribution in [1.82, 2.24) is 19.4 Å².